The first-order chi connectivity index (χ1) is 10.8. The van der Waals surface area contributed by atoms with Gasteiger partial charge in [-0.2, -0.15) is 13.2 Å². The van der Waals surface area contributed by atoms with Crippen molar-refractivity contribution in [2.45, 2.75) is 46.0 Å². The quantitative estimate of drug-likeness (QED) is 0.372. The summed E-state index contributed by atoms with van der Waals surface area (Å²) in [5.41, 5.74) is 0.842. The van der Waals surface area contributed by atoms with Gasteiger partial charge in [-0.3, -0.25) is 0 Å². The predicted octanol–water partition coefficient (Wildman–Crippen LogP) is 3.49. The lowest BCUT2D eigenvalue weighted by Crippen LogP contribution is -2.38. The van der Waals surface area contributed by atoms with E-state index < -0.39 is 12.6 Å². The van der Waals surface area contributed by atoms with E-state index in [1.54, 1.807) is 12.3 Å². The minimum Gasteiger partial charge on any atom is -0.475 e. The topological polar surface area (TPSA) is 58.5 Å². The molecule has 0 aliphatic rings. The van der Waals surface area contributed by atoms with E-state index in [0.29, 0.717) is 24.9 Å². The van der Waals surface area contributed by atoms with Crippen LogP contribution in [0.5, 0.6) is 5.88 Å². The molecule has 0 bridgehead atoms. The van der Waals surface area contributed by atoms with Gasteiger partial charge in [-0.15, -0.1) is 24.0 Å². The van der Waals surface area contributed by atoms with Gasteiger partial charge in [0.15, 0.2) is 5.96 Å². The molecule has 1 rings (SSSR count). The first kappa shape index (κ1) is 22.7. The summed E-state index contributed by atoms with van der Waals surface area (Å²) in [5.74, 6) is 0.877. The van der Waals surface area contributed by atoms with Crippen LogP contribution in [0.1, 0.15) is 32.8 Å². The zero-order valence-corrected chi connectivity index (χ0v) is 16.3. The van der Waals surface area contributed by atoms with Crippen molar-refractivity contribution < 1.29 is 17.9 Å². The Kier molecular flexibility index (Phi) is 10.7. The maximum atomic E-state index is 12.2. The second-order valence-corrected chi connectivity index (χ2v) is 5.16. The SMILES string of the molecule is CCNC(=NCc1ccc(OC(C)C)nc1)NCCC(F)(F)F.I. The number of nitrogens with one attached hydrogen (secondary N) is 2. The van der Waals surface area contributed by atoms with Crippen LogP contribution < -0.4 is 15.4 Å². The lowest BCUT2D eigenvalue weighted by atomic mass is 10.3. The van der Waals surface area contributed by atoms with Crippen LogP contribution in [0.2, 0.25) is 0 Å². The Balaban J connectivity index is 0.00000529. The first-order valence-corrected chi connectivity index (χ1v) is 7.50. The van der Waals surface area contributed by atoms with Gasteiger partial charge in [0.05, 0.1) is 19.1 Å². The number of aromatic nitrogens is 1. The molecule has 0 unspecified atom stereocenters. The Bertz CT molecular complexity index is 492. The van der Waals surface area contributed by atoms with Gasteiger partial charge in [-0.05, 0) is 26.3 Å². The van der Waals surface area contributed by atoms with Gasteiger partial charge in [0.25, 0.3) is 0 Å². The number of ether oxygens (including phenoxy) is 1. The van der Waals surface area contributed by atoms with E-state index in [1.165, 1.54) is 0 Å². The number of alkyl halides is 3. The van der Waals surface area contributed by atoms with Crippen LogP contribution in [-0.4, -0.2) is 36.3 Å². The van der Waals surface area contributed by atoms with Crippen LogP contribution in [0, 0.1) is 0 Å². The van der Waals surface area contributed by atoms with Crippen LogP contribution >= 0.6 is 24.0 Å². The zero-order valence-electron chi connectivity index (χ0n) is 14.0. The highest BCUT2D eigenvalue weighted by molar-refractivity contribution is 14.0. The number of guanidine groups is 1. The largest absolute Gasteiger partial charge is 0.475 e. The molecule has 1 heterocycles. The lowest BCUT2D eigenvalue weighted by molar-refractivity contribution is -0.132. The molecule has 0 radical (unpaired) electrons. The van der Waals surface area contributed by atoms with Crippen LogP contribution in [0.4, 0.5) is 13.2 Å². The Morgan fingerprint density at radius 2 is 2.00 bits per heavy atom. The molecule has 0 amide bonds. The van der Waals surface area contributed by atoms with E-state index in [0.717, 1.165) is 5.56 Å². The average molecular weight is 460 g/mol. The fraction of sp³-hybridized carbons (Fsp3) is 0.600. The van der Waals surface area contributed by atoms with Crippen molar-refractivity contribution in [3.05, 3.63) is 23.9 Å². The standard InChI is InChI=1S/C15H23F3N4O.HI/c1-4-19-14(20-8-7-15(16,17)18)22-10-12-5-6-13(21-9-12)23-11(2)3;/h5-6,9,11H,4,7-8,10H2,1-3H3,(H2,19,20,22);1H. The molecule has 2 N–H and O–H groups in total. The van der Waals surface area contributed by atoms with E-state index in [-0.39, 0.29) is 36.6 Å². The molecule has 9 heteroatoms. The molecule has 1 aromatic heterocycles. The number of nitrogens with zero attached hydrogens (tertiary/aromatic N) is 2. The molecule has 0 saturated carbocycles. The molecule has 5 nitrogen and oxygen atoms in total. The second-order valence-electron chi connectivity index (χ2n) is 5.16. The van der Waals surface area contributed by atoms with E-state index in [4.69, 9.17) is 4.74 Å². The Morgan fingerprint density at radius 3 is 2.50 bits per heavy atom. The molecule has 0 saturated heterocycles. The van der Waals surface area contributed by atoms with Crippen molar-refractivity contribution in [1.29, 1.82) is 0 Å². The van der Waals surface area contributed by atoms with Gasteiger partial charge in [-0.1, -0.05) is 6.07 Å². The minimum atomic E-state index is -4.18. The predicted molar refractivity (Wildman–Crippen MR) is 98.9 cm³/mol. The monoisotopic (exact) mass is 460 g/mol. The average Bonchev–Trinajstić information content (AvgIpc) is 2.44. The molecule has 0 aliphatic carbocycles. The highest BCUT2D eigenvalue weighted by Crippen LogP contribution is 2.18. The molecule has 24 heavy (non-hydrogen) atoms. The molecule has 0 atom stereocenters. The summed E-state index contributed by atoms with van der Waals surface area (Å²) in [6.45, 7) is 6.34. The van der Waals surface area contributed by atoms with Gasteiger partial charge >= 0.3 is 6.18 Å². The van der Waals surface area contributed by atoms with Gasteiger partial charge in [-0.25, -0.2) is 9.98 Å². The highest BCUT2D eigenvalue weighted by Gasteiger charge is 2.26. The van der Waals surface area contributed by atoms with Gasteiger partial charge < -0.3 is 15.4 Å². The number of pyridine rings is 1. The Labute approximate surface area is 157 Å². The number of hydrogen-bond donors (Lipinski definition) is 2. The summed E-state index contributed by atoms with van der Waals surface area (Å²) in [6, 6.07) is 3.57. The summed E-state index contributed by atoms with van der Waals surface area (Å²) in [4.78, 5) is 8.40. The van der Waals surface area contributed by atoms with Crippen molar-refractivity contribution in [3.8, 4) is 5.88 Å². The van der Waals surface area contributed by atoms with Gasteiger partial charge in [0.2, 0.25) is 5.88 Å². The maximum absolute atomic E-state index is 12.2. The second kappa shape index (κ2) is 11.3. The van der Waals surface area contributed by atoms with Crippen LogP contribution in [0.3, 0.4) is 0 Å². The summed E-state index contributed by atoms with van der Waals surface area (Å²) in [5, 5.41) is 5.56. The lowest BCUT2D eigenvalue weighted by Gasteiger charge is -2.12. The van der Waals surface area contributed by atoms with Crippen LogP contribution in [-0.2, 0) is 6.54 Å². The summed E-state index contributed by atoms with van der Waals surface area (Å²) < 4.78 is 41.9. The number of hydrogen-bond acceptors (Lipinski definition) is 3. The maximum Gasteiger partial charge on any atom is 0.390 e. The third-order valence-electron chi connectivity index (χ3n) is 2.62. The Morgan fingerprint density at radius 1 is 1.29 bits per heavy atom. The van der Waals surface area contributed by atoms with E-state index in [1.807, 2.05) is 26.8 Å². The smallest absolute Gasteiger partial charge is 0.390 e. The number of halogens is 4. The van der Waals surface area contributed by atoms with Crippen LogP contribution in [0.25, 0.3) is 0 Å². The van der Waals surface area contributed by atoms with Crippen molar-refractivity contribution in [3.63, 3.8) is 0 Å². The van der Waals surface area contributed by atoms with E-state index >= 15 is 0 Å². The third-order valence-corrected chi connectivity index (χ3v) is 2.62. The molecule has 0 aliphatic heterocycles. The summed E-state index contributed by atoms with van der Waals surface area (Å²) in [6.07, 6.45) is -3.40. The summed E-state index contributed by atoms with van der Waals surface area (Å²) >= 11 is 0. The minimum absolute atomic E-state index is 0. The third kappa shape index (κ3) is 10.5. The molecular formula is C15H24F3IN4O. The summed E-state index contributed by atoms with van der Waals surface area (Å²) in [7, 11) is 0. The molecule has 0 aromatic carbocycles. The van der Waals surface area contributed by atoms with Crippen LogP contribution in [0.15, 0.2) is 23.3 Å². The van der Waals surface area contributed by atoms with E-state index in [2.05, 4.69) is 20.6 Å². The van der Waals surface area contributed by atoms with Crippen molar-refractivity contribution >= 4 is 29.9 Å². The van der Waals surface area contributed by atoms with Crippen molar-refractivity contribution in [2.75, 3.05) is 13.1 Å². The molecule has 1 aromatic rings. The fourth-order valence-electron chi connectivity index (χ4n) is 1.65. The Hall–Kier alpha value is -1.26. The van der Waals surface area contributed by atoms with Gasteiger partial charge in [0, 0.05) is 25.4 Å². The van der Waals surface area contributed by atoms with Crippen molar-refractivity contribution in [1.82, 2.24) is 15.6 Å². The normalized spacial score (nSPS) is 11.9. The number of aliphatic imine (C=N–C) groups is 1. The molecule has 0 fully saturated rings. The zero-order chi connectivity index (χ0) is 17.3. The van der Waals surface area contributed by atoms with E-state index in [9.17, 15) is 13.2 Å². The molecular weight excluding hydrogens is 436 g/mol. The van der Waals surface area contributed by atoms with Crippen molar-refractivity contribution in [2.24, 2.45) is 4.99 Å². The van der Waals surface area contributed by atoms with Gasteiger partial charge in [0.1, 0.15) is 0 Å². The molecule has 0 spiro atoms. The fourth-order valence-corrected chi connectivity index (χ4v) is 1.65. The highest BCUT2D eigenvalue weighted by atomic mass is 127. The number of rotatable bonds is 7. The first-order valence-electron chi connectivity index (χ1n) is 7.50. The molecule has 138 valence electrons.